The number of nitrogens with one attached hydrogen (secondary N) is 1. The van der Waals surface area contributed by atoms with Crippen molar-refractivity contribution in [3.05, 3.63) is 28.8 Å². The quantitative estimate of drug-likeness (QED) is 0.461. The summed E-state index contributed by atoms with van der Waals surface area (Å²) in [7, 11) is 0. The van der Waals surface area contributed by atoms with Crippen molar-refractivity contribution in [1.82, 2.24) is 0 Å². The molecule has 1 aromatic carbocycles. The summed E-state index contributed by atoms with van der Waals surface area (Å²) in [5, 5.41) is 3.76. The summed E-state index contributed by atoms with van der Waals surface area (Å²) < 4.78 is 0.179. The third-order valence-electron chi connectivity index (χ3n) is 6.34. The first-order chi connectivity index (χ1) is 10.6. The molecule has 1 aromatic rings. The summed E-state index contributed by atoms with van der Waals surface area (Å²) in [5.41, 5.74) is 1.34. The topological polar surface area (TPSA) is 29.1 Å². The largest absolute Gasteiger partial charge is 0.325 e. The van der Waals surface area contributed by atoms with Gasteiger partial charge in [-0.3, -0.25) is 4.79 Å². The van der Waals surface area contributed by atoms with Crippen LogP contribution in [0.2, 0.25) is 5.02 Å². The standard InChI is InChI=1S/C17H19Br3ClNO/c1-9-4-5-10(21)8-11(9)22-14(23)17-7-6-16(12(17)18,13(19)20)15(17,2)3/h4-5,8,12-13H,6-7H2,1-3H3,(H,22,23). The molecule has 1 amide bonds. The van der Waals surface area contributed by atoms with Gasteiger partial charge in [-0.2, -0.15) is 0 Å². The Morgan fingerprint density at radius 2 is 2.00 bits per heavy atom. The van der Waals surface area contributed by atoms with Crippen LogP contribution in [0.4, 0.5) is 5.69 Å². The number of fused-ring (bicyclic) bond motifs is 1. The fraction of sp³-hybridized carbons (Fsp3) is 0.588. The minimum absolute atomic E-state index is 0.0354. The van der Waals surface area contributed by atoms with Crippen LogP contribution in [0.3, 0.4) is 0 Å². The molecule has 0 aliphatic heterocycles. The molecule has 6 heteroatoms. The van der Waals surface area contributed by atoms with Crippen LogP contribution in [0.25, 0.3) is 0 Å². The average molecular weight is 529 g/mol. The Morgan fingerprint density at radius 3 is 2.52 bits per heavy atom. The van der Waals surface area contributed by atoms with E-state index in [1.165, 1.54) is 0 Å². The summed E-state index contributed by atoms with van der Waals surface area (Å²) >= 11 is 17.3. The molecule has 0 saturated heterocycles. The van der Waals surface area contributed by atoms with E-state index >= 15 is 0 Å². The Bertz CT molecular complexity index is 678. The van der Waals surface area contributed by atoms with Gasteiger partial charge in [-0.25, -0.2) is 0 Å². The van der Waals surface area contributed by atoms with E-state index in [1.54, 1.807) is 0 Å². The molecule has 3 aliphatic carbocycles. The lowest BCUT2D eigenvalue weighted by Gasteiger charge is -2.66. The van der Waals surface area contributed by atoms with Gasteiger partial charge < -0.3 is 5.32 Å². The minimum Gasteiger partial charge on any atom is -0.325 e. The number of anilines is 1. The van der Waals surface area contributed by atoms with Crippen LogP contribution in [0.15, 0.2) is 18.2 Å². The molecular formula is C17H19Br3ClNO. The van der Waals surface area contributed by atoms with Crippen molar-refractivity contribution in [2.75, 3.05) is 5.32 Å². The van der Waals surface area contributed by atoms with Crippen molar-refractivity contribution < 1.29 is 4.79 Å². The van der Waals surface area contributed by atoms with Crippen LogP contribution in [0.1, 0.15) is 32.3 Å². The predicted octanol–water partition coefficient (Wildman–Crippen LogP) is 6.27. The second-order valence-corrected chi connectivity index (χ2v) is 11.6. The molecule has 1 N–H and O–H groups in total. The maximum atomic E-state index is 13.2. The van der Waals surface area contributed by atoms with Crippen molar-refractivity contribution in [1.29, 1.82) is 0 Å². The normalized spacial score (nSPS) is 34.3. The Kier molecular flexibility index (Phi) is 4.53. The monoisotopic (exact) mass is 525 g/mol. The van der Waals surface area contributed by atoms with E-state index in [-0.39, 0.29) is 25.3 Å². The third kappa shape index (κ3) is 2.12. The molecule has 4 rings (SSSR count). The molecule has 0 spiro atoms. The van der Waals surface area contributed by atoms with E-state index in [4.69, 9.17) is 11.6 Å². The number of carbonyl (C=O) groups is 1. The highest BCUT2D eigenvalue weighted by Crippen LogP contribution is 2.82. The summed E-state index contributed by atoms with van der Waals surface area (Å²) in [6.07, 6.45) is 1.90. The SMILES string of the molecule is Cc1ccc(Cl)cc1NC(=O)C12CCC(C(Br)Br)(C1Br)C2(C)C. The molecule has 23 heavy (non-hydrogen) atoms. The Balaban J connectivity index is 1.93. The molecule has 0 aromatic heterocycles. The summed E-state index contributed by atoms with van der Waals surface area (Å²) in [5.74, 6) is 0.0866. The molecule has 3 unspecified atom stereocenters. The highest BCUT2D eigenvalue weighted by molar-refractivity contribution is 9.24. The Hall–Kier alpha value is 0.420. The molecule has 0 heterocycles. The fourth-order valence-electron chi connectivity index (χ4n) is 4.66. The number of hydrogen-bond acceptors (Lipinski definition) is 1. The first-order valence-electron chi connectivity index (χ1n) is 7.61. The number of alkyl halides is 3. The van der Waals surface area contributed by atoms with Crippen molar-refractivity contribution in [2.45, 2.75) is 42.2 Å². The number of amides is 1. The Morgan fingerprint density at radius 1 is 1.35 bits per heavy atom. The highest BCUT2D eigenvalue weighted by atomic mass is 79.9. The van der Waals surface area contributed by atoms with E-state index < -0.39 is 5.41 Å². The number of rotatable bonds is 3. The molecule has 3 atom stereocenters. The first-order valence-corrected chi connectivity index (χ1v) is 10.7. The van der Waals surface area contributed by atoms with Crippen molar-refractivity contribution >= 4 is 71.0 Å². The van der Waals surface area contributed by atoms with Crippen molar-refractivity contribution in [3.8, 4) is 0 Å². The minimum atomic E-state index is -0.401. The van der Waals surface area contributed by atoms with Crippen LogP contribution in [0.5, 0.6) is 0 Å². The van der Waals surface area contributed by atoms with Crippen LogP contribution in [-0.4, -0.2) is 14.5 Å². The van der Waals surface area contributed by atoms with E-state index in [0.29, 0.717) is 5.02 Å². The molecule has 2 bridgehead atoms. The zero-order valence-corrected chi connectivity index (χ0v) is 18.7. The van der Waals surface area contributed by atoms with Gasteiger partial charge in [0.1, 0.15) is 0 Å². The highest BCUT2D eigenvalue weighted by Gasteiger charge is 2.83. The number of benzene rings is 1. The summed E-state index contributed by atoms with van der Waals surface area (Å²) in [6.45, 7) is 6.39. The third-order valence-corrected chi connectivity index (χ3v) is 9.81. The second-order valence-electron chi connectivity index (χ2n) is 7.21. The molecule has 3 fully saturated rings. The van der Waals surface area contributed by atoms with Crippen LogP contribution >= 0.6 is 59.4 Å². The lowest BCUT2D eigenvalue weighted by Crippen LogP contribution is -2.71. The summed E-state index contributed by atoms with van der Waals surface area (Å²) in [4.78, 5) is 13.4. The molecule has 0 radical (unpaired) electrons. The number of hydrogen-bond donors (Lipinski definition) is 1. The number of carbonyl (C=O) groups excluding carboxylic acids is 1. The van der Waals surface area contributed by atoms with Crippen molar-refractivity contribution in [2.24, 2.45) is 16.2 Å². The van der Waals surface area contributed by atoms with Gasteiger partial charge in [-0.1, -0.05) is 79.3 Å². The molecule has 3 aliphatic rings. The second kappa shape index (κ2) is 5.72. The Labute approximate surface area is 167 Å². The maximum Gasteiger partial charge on any atom is 0.232 e. The first kappa shape index (κ1) is 18.2. The van der Waals surface area contributed by atoms with Crippen LogP contribution < -0.4 is 5.32 Å². The lowest BCUT2D eigenvalue weighted by atomic mass is 9.43. The van der Waals surface area contributed by atoms with Crippen LogP contribution in [0, 0.1) is 23.2 Å². The fourth-order valence-corrected chi connectivity index (χ4v) is 9.75. The maximum absolute atomic E-state index is 13.2. The number of aryl methyl sites for hydroxylation is 1. The molecule has 3 saturated carbocycles. The molecular weight excluding hydrogens is 509 g/mol. The van der Waals surface area contributed by atoms with Gasteiger partial charge in [0.05, 0.1) is 9.15 Å². The predicted molar refractivity (Wildman–Crippen MR) is 107 cm³/mol. The van der Waals surface area contributed by atoms with E-state index in [2.05, 4.69) is 67.0 Å². The van der Waals surface area contributed by atoms with Gasteiger partial charge in [-0.15, -0.1) is 0 Å². The van der Waals surface area contributed by atoms with Gasteiger partial charge in [-0.05, 0) is 42.9 Å². The average Bonchev–Trinajstić information content (AvgIpc) is 2.92. The summed E-state index contributed by atoms with van der Waals surface area (Å²) in [6, 6.07) is 5.59. The van der Waals surface area contributed by atoms with E-state index in [9.17, 15) is 4.79 Å². The van der Waals surface area contributed by atoms with Gasteiger partial charge in [0.25, 0.3) is 0 Å². The number of halogens is 4. The van der Waals surface area contributed by atoms with Gasteiger partial charge in [0.15, 0.2) is 0 Å². The van der Waals surface area contributed by atoms with Gasteiger partial charge in [0, 0.05) is 21.0 Å². The van der Waals surface area contributed by atoms with Gasteiger partial charge >= 0.3 is 0 Å². The zero-order chi connectivity index (χ0) is 17.2. The zero-order valence-electron chi connectivity index (χ0n) is 13.2. The van der Waals surface area contributed by atoms with Crippen molar-refractivity contribution in [3.63, 3.8) is 0 Å². The smallest absolute Gasteiger partial charge is 0.232 e. The van der Waals surface area contributed by atoms with Crippen LogP contribution in [-0.2, 0) is 4.79 Å². The van der Waals surface area contributed by atoms with E-state index in [1.807, 2.05) is 25.1 Å². The lowest BCUT2D eigenvalue weighted by molar-refractivity contribution is -0.155. The molecule has 2 nitrogen and oxygen atoms in total. The van der Waals surface area contributed by atoms with E-state index in [0.717, 1.165) is 24.1 Å². The van der Waals surface area contributed by atoms with Gasteiger partial charge in [0.2, 0.25) is 5.91 Å². The molecule has 126 valence electrons.